The molecule has 1 aromatic heterocycles. The highest BCUT2D eigenvalue weighted by Crippen LogP contribution is 2.18. The molecule has 6 nitrogen and oxygen atoms in total. The lowest BCUT2D eigenvalue weighted by Gasteiger charge is -2.13. The van der Waals surface area contributed by atoms with E-state index in [2.05, 4.69) is 16.9 Å². The van der Waals surface area contributed by atoms with E-state index in [1.165, 1.54) is 12.3 Å². The van der Waals surface area contributed by atoms with Gasteiger partial charge in [-0.1, -0.05) is 32.6 Å². The third kappa shape index (κ3) is 3.36. The van der Waals surface area contributed by atoms with Gasteiger partial charge in [0, 0.05) is 23.2 Å². The van der Waals surface area contributed by atoms with Gasteiger partial charge in [0.25, 0.3) is 5.91 Å². The summed E-state index contributed by atoms with van der Waals surface area (Å²) in [5.74, 6) is -1.10. The number of rotatable bonds is 6. The first kappa shape index (κ1) is 16.6. The molecule has 0 saturated heterocycles. The average Bonchev–Trinajstić information content (AvgIpc) is 3.02. The maximum atomic E-state index is 12.5. The van der Waals surface area contributed by atoms with Gasteiger partial charge in [-0.25, -0.2) is 0 Å². The highest BCUT2D eigenvalue weighted by molar-refractivity contribution is 6.04. The van der Waals surface area contributed by atoms with Crippen molar-refractivity contribution in [1.29, 1.82) is 0 Å². The van der Waals surface area contributed by atoms with E-state index in [9.17, 15) is 14.4 Å². The monoisotopic (exact) mass is 313 g/mol. The third-order valence-electron chi connectivity index (χ3n) is 3.65. The molecule has 1 amide bonds. The molecule has 1 aliphatic rings. The largest absolute Gasteiger partial charge is 0.370 e. The van der Waals surface area contributed by atoms with Crippen molar-refractivity contribution in [3.63, 3.8) is 0 Å². The molecule has 1 aliphatic heterocycles. The molecule has 1 atom stereocenters. The van der Waals surface area contributed by atoms with E-state index in [4.69, 9.17) is 5.73 Å². The predicted molar refractivity (Wildman–Crippen MR) is 86.6 cm³/mol. The van der Waals surface area contributed by atoms with Gasteiger partial charge in [0.15, 0.2) is 11.6 Å². The second kappa shape index (κ2) is 6.56. The second-order valence-corrected chi connectivity index (χ2v) is 5.66. The molecule has 6 heteroatoms. The van der Waals surface area contributed by atoms with Crippen molar-refractivity contribution in [2.24, 2.45) is 11.7 Å². The minimum absolute atomic E-state index is 0.101. The molecular weight excluding hydrogens is 294 g/mol. The Hall–Kier alpha value is -2.76. The third-order valence-corrected chi connectivity index (χ3v) is 3.65. The molecule has 120 valence electrons. The number of carbonyl (C=O) groups is 3. The topological polar surface area (TPSA) is 102 Å². The summed E-state index contributed by atoms with van der Waals surface area (Å²) in [6.07, 6.45) is 4.88. The molecule has 0 bridgehead atoms. The Morgan fingerprint density at radius 3 is 2.65 bits per heavy atom. The van der Waals surface area contributed by atoms with Gasteiger partial charge in [0.1, 0.15) is 5.69 Å². The van der Waals surface area contributed by atoms with E-state index in [-0.39, 0.29) is 23.2 Å². The smallest absolute Gasteiger partial charge is 0.264 e. The number of hydrogen-bond donors (Lipinski definition) is 2. The minimum atomic E-state index is -0.594. The lowest BCUT2D eigenvalue weighted by molar-refractivity contribution is -0.114. The molecule has 3 N–H and O–H groups in total. The number of nitrogens with two attached hydrogens (primary N) is 1. The Labute approximate surface area is 134 Å². The van der Waals surface area contributed by atoms with Crippen LogP contribution in [0, 0.1) is 5.92 Å². The molecular formula is C17H19N3O3. The van der Waals surface area contributed by atoms with Crippen molar-refractivity contribution in [2.45, 2.75) is 26.3 Å². The number of Topliss-reactive ketones (excluding diaryl/α,β-unsaturated/α-hetero) is 2. The van der Waals surface area contributed by atoms with Gasteiger partial charge in [0.2, 0.25) is 0 Å². The number of pyridine rings is 1. The van der Waals surface area contributed by atoms with E-state index < -0.39 is 11.9 Å². The fourth-order valence-electron chi connectivity index (χ4n) is 2.34. The van der Waals surface area contributed by atoms with E-state index in [1.807, 2.05) is 0 Å². The number of primary amides is 1. The zero-order valence-electron chi connectivity index (χ0n) is 13.1. The summed E-state index contributed by atoms with van der Waals surface area (Å²) in [6, 6.07) is 1.05. The van der Waals surface area contributed by atoms with Crippen LogP contribution in [0.25, 0.3) is 6.08 Å². The summed E-state index contributed by atoms with van der Waals surface area (Å²) in [5.41, 5.74) is 6.61. The number of amides is 1. The van der Waals surface area contributed by atoms with Crippen molar-refractivity contribution < 1.29 is 14.4 Å². The summed E-state index contributed by atoms with van der Waals surface area (Å²) in [4.78, 5) is 39.8. The van der Waals surface area contributed by atoms with Gasteiger partial charge in [-0.3, -0.25) is 19.4 Å². The van der Waals surface area contributed by atoms with Crippen molar-refractivity contribution in [1.82, 2.24) is 10.3 Å². The first-order valence-electron chi connectivity index (χ1n) is 7.32. The lowest BCUT2D eigenvalue weighted by atomic mass is 9.98. The van der Waals surface area contributed by atoms with E-state index >= 15 is 0 Å². The SMILES string of the molecule is C=Cc1cc(C(=O)C2CC=C(C(N)=O)N2)cnc1C(=O)C(C)C. The van der Waals surface area contributed by atoms with Crippen LogP contribution in [0.15, 0.2) is 30.6 Å². The molecule has 0 fully saturated rings. The van der Waals surface area contributed by atoms with Gasteiger partial charge >= 0.3 is 0 Å². The molecule has 1 unspecified atom stereocenters. The second-order valence-electron chi connectivity index (χ2n) is 5.66. The summed E-state index contributed by atoms with van der Waals surface area (Å²) >= 11 is 0. The maximum Gasteiger partial charge on any atom is 0.264 e. The van der Waals surface area contributed by atoms with Gasteiger partial charge in [-0.05, 0) is 12.5 Å². The van der Waals surface area contributed by atoms with Crippen molar-refractivity contribution in [2.75, 3.05) is 0 Å². The zero-order valence-corrected chi connectivity index (χ0v) is 13.1. The molecule has 0 saturated carbocycles. The van der Waals surface area contributed by atoms with Gasteiger partial charge in [-0.2, -0.15) is 0 Å². The van der Waals surface area contributed by atoms with Crippen LogP contribution in [-0.2, 0) is 4.79 Å². The van der Waals surface area contributed by atoms with Crippen LogP contribution >= 0.6 is 0 Å². The lowest BCUT2D eigenvalue weighted by Crippen LogP contribution is -2.35. The Bertz CT molecular complexity index is 720. The molecule has 0 aromatic carbocycles. The van der Waals surface area contributed by atoms with E-state index in [0.717, 1.165) is 0 Å². The van der Waals surface area contributed by atoms with Crippen LogP contribution in [0.4, 0.5) is 0 Å². The van der Waals surface area contributed by atoms with Crippen molar-refractivity contribution in [3.05, 3.63) is 47.4 Å². The van der Waals surface area contributed by atoms with Crippen molar-refractivity contribution in [3.8, 4) is 0 Å². The Morgan fingerprint density at radius 1 is 1.43 bits per heavy atom. The Balaban J connectivity index is 2.25. The highest BCUT2D eigenvalue weighted by atomic mass is 16.1. The van der Waals surface area contributed by atoms with Crippen LogP contribution in [0.1, 0.15) is 46.7 Å². The minimum Gasteiger partial charge on any atom is -0.370 e. The van der Waals surface area contributed by atoms with Crippen LogP contribution in [0.3, 0.4) is 0 Å². The number of carbonyl (C=O) groups excluding carboxylic acids is 3. The summed E-state index contributed by atoms with van der Waals surface area (Å²) in [6.45, 7) is 7.25. The number of hydrogen-bond acceptors (Lipinski definition) is 5. The fraction of sp³-hybridized carbons (Fsp3) is 0.294. The Kier molecular flexibility index (Phi) is 4.74. The summed E-state index contributed by atoms with van der Waals surface area (Å²) < 4.78 is 0. The summed E-state index contributed by atoms with van der Waals surface area (Å²) in [7, 11) is 0. The number of aromatic nitrogens is 1. The first-order valence-corrected chi connectivity index (χ1v) is 7.32. The van der Waals surface area contributed by atoms with E-state index in [0.29, 0.717) is 23.2 Å². The fourth-order valence-corrected chi connectivity index (χ4v) is 2.34. The quantitative estimate of drug-likeness (QED) is 0.774. The van der Waals surface area contributed by atoms with Crippen molar-refractivity contribution >= 4 is 23.5 Å². The molecule has 0 aliphatic carbocycles. The zero-order chi connectivity index (χ0) is 17.1. The molecule has 23 heavy (non-hydrogen) atoms. The van der Waals surface area contributed by atoms with Crippen LogP contribution < -0.4 is 11.1 Å². The molecule has 0 spiro atoms. The normalized spacial score (nSPS) is 16.7. The Morgan fingerprint density at radius 2 is 2.13 bits per heavy atom. The molecule has 1 aromatic rings. The van der Waals surface area contributed by atoms with Crippen LogP contribution in [0.2, 0.25) is 0 Å². The van der Waals surface area contributed by atoms with Gasteiger partial charge < -0.3 is 11.1 Å². The first-order chi connectivity index (χ1) is 10.8. The highest BCUT2D eigenvalue weighted by Gasteiger charge is 2.27. The van der Waals surface area contributed by atoms with E-state index in [1.54, 1.807) is 26.0 Å². The number of nitrogens with zero attached hydrogens (tertiary/aromatic N) is 1. The van der Waals surface area contributed by atoms with Gasteiger partial charge in [-0.15, -0.1) is 0 Å². The molecule has 0 radical (unpaired) electrons. The average molecular weight is 313 g/mol. The molecule has 2 heterocycles. The van der Waals surface area contributed by atoms with Crippen LogP contribution in [-0.4, -0.2) is 28.5 Å². The number of nitrogens with one attached hydrogen (secondary N) is 1. The predicted octanol–water partition coefficient (Wildman–Crippen LogP) is 1.48. The number of ketones is 2. The van der Waals surface area contributed by atoms with Gasteiger partial charge in [0.05, 0.1) is 11.7 Å². The standard InChI is InChI=1S/C17H19N3O3/c1-4-10-7-11(8-19-14(10)15(21)9(2)3)16(22)12-5-6-13(20-12)17(18)23/h4,6-9,12,20H,1,5H2,2-3H3,(H2,18,23). The summed E-state index contributed by atoms with van der Waals surface area (Å²) in [5, 5.41) is 2.80. The van der Waals surface area contributed by atoms with Crippen LogP contribution in [0.5, 0.6) is 0 Å². The molecule has 2 rings (SSSR count). The maximum absolute atomic E-state index is 12.5.